The molecule has 0 aliphatic carbocycles. The lowest BCUT2D eigenvalue weighted by Crippen LogP contribution is -2.48. The number of fused-ring (bicyclic) bond motifs is 1. The van der Waals surface area contributed by atoms with Gasteiger partial charge in [-0.3, -0.25) is 4.79 Å². The van der Waals surface area contributed by atoms with Crippen molar-refractivity contribution in [1.82, 2.24) is 19.4 Å². The van der Waals surface area contributed by atoms with Crippen LogP contribution in [-0.2, 0) is 17.8 Å². The number of hydrogen-bond donors (Lipinski definition) is 0. The highest BCUT2D eigenvalue weighted by Crippen LogP contribution is 2.30. The zero-order valence-electron chi connectivity index (χ0n) is 17.3. The molecule has 9 heteroatoms. The molecule has 0 radical (unpaired) electrons. The summed E-state index contributed by atoms with van der Waals surface area (Å²) in [6.07, 6.45) is 0.548. The Morgan fingerprint density at radius 3 is 2.43 bits per heavy atom. The van der Waals surface area contributed by atoms with Crippen LogP contribution in [-0.4, -0.2) is 64.1 Å². The highest BCUT2D eigenvalue weighted by Gasteiger charge is 2.33. The molecule has 3 heterocycles. The van der Waals surface area contributed by atoms with Crippen LogP contribution in [0.15, 0.2) is 12.1 Å². The Bertz CT molecular complexity index is 968. The summed E-state index contributed by atoms with van der Waals surface area (Å²) in [4.78, 5) is 21.6. The van der Waals surface area contributed by atoms with Crippen molar-refractivity contribution in [3.63, 3.8) is 0 Å². The Morgan fingerprint density at radius 2 is 1.73 bits per heavy atom. The van der Waals surface area contributed by atoms with E-state index in [4.69, 9.17) is 4.74 Å². The van der Waals surface area contributed by atoms with E-state index >= 15 is 0 Å². The summed E-state index contributed by atoms with van der Waals surface area (Å²) in [5.41, 5.74) is 0.734. The lowest BCUT2D eigenvalue weighted by atomic mass is 10.2. The molecule has 0 saturated carbocycles. The largest absolute Gasteiger partial charge is 0.372 e. The SMILES string of the molecule is CC1CN(C(=O)c2nc(-c3cc(F)c(F)cc3F)n3c2CN(C)CCC3)CC(C)O1. The number of imidazole rings is 1. The predicted molar refractivity (Wildman–Crippen MR) is 104 cm³/mol. The Hall–Kier alpha value is -2.39. The van der Waals surface area contributed by atoms with Gasteiger partial charge in [0.05, 0.1) is 23.5 Å². The van der Waals surface area contributed by atoms with Gasteiger partial charge in [-0.1, -0.05) is 0 Å². The van der Waals surface area contributed by atoms with Crippen LogP contribution in [0.1, 0.15) is 36.5 Å². The molecule has 162 valence electrons. The molecule has 2 aliphatic rings. The second kappa shape index (κ2) is 8.03. The van der Waals surface area contributed by atoms with Gasteiger partial charge in [0.15, 0.2) is 17.3 Å². The van der Waals surface area contributed by atoms with Crippen molar-refractivity contribution in [3.05, 3.63) is 41.0 Å². The van der Waals surface area contributed by atoms with E-state index in [1.54, 1.807) is 9.47 Å². The molecule has 2 unspecified atom stereocenters. The first kappa shape index (κ1) is 20.9. The van der Waals surface area contributed by atoms with Crippen LogP contribution in [0.25, 0.3) is 11.4 Å². The molecule has 2 aliphatic heterocycles. The van der Waals surface area contributed by atoms with Crippen molar-refractivity contribution in [3.8, 4) is 11.4 Å². The number of benzene rings is 1. The summed E-state index contributed by atoms with van der Waals surface area (Å²) >= 11 is 0. The fraction of sp³-hybridized carbons (Fsp3) is 0.524. The summed E-state index contributed by atoms with van der Waals surface area (Å²) in [7, 11) is 1.94. The van der Waals surface area contributed by atoms with Crippen LogP contribution in [0.5, 0.6) is 0 Å². The van der Waals surface area contributed by atoms with Crippen molar-refractivity contribution < 1.29 is 22.7 Å². The second-order valence-electron chi connectivity index (χ2n) is 8.19. The molecular weight excluding hydrogens is 397 g/mol. The number of rotatable bonds is 2. The second-order valence-corrected chi connectivity index (χ2v) is 8.19. The van der Waals surface area contributed by atoms with E-state index < -0.39 is 17.5 Å². The zero-order chi connectivity index (χ0) is 21.6. The van der Waals surface area contributed by atoms with E-state index in [0.29, 0.717) is 37.9 Å². The van der Waals surface area contributed by atoms with Crippen molar-refractivity contribution in [2.75, 3.05) is 26.7 Å². The van der Waals surface area contributed by atoms with Crippen LogP contribution >= 0.6 is 0 Å². The smallest absolute Gasteiger partial charge is 0.274 e. The van der Waals surface area contributed by atoms with Crippen LogP contribution in [0.4, 0.5) is 13.2 Å². The number of aromatic nitrogens is 2. The number of carbonyl (C=O) groups is 1. The molecule has 6 nitrogen and oxygen atoms in total. The fourth-order valence-corrected chi connectivity index (χ4v) is 4.29. The first-order chi connectivity index (χ1) is 14.2. The Balaban J connectivity index is 1.82. The summed E-state index contributed by atoms with van der Waals surface area (Å²) in [6.45, 7) is 6.42. The minimum atomic E-state index is -1.26. The lowest BCUT2D eigenvalue weighted by Gasteiger charge is -2.35. The van der Waals surface area contributed by atoms with Gasteiger partial charge in [-0.25, -0.2) is 18.2 Å². The molecule has 0 N–H and O–H groups in total. The molecule has 1 aromatic heterocycles. The average molecular weight is 422 g/mol. The van der Waals surface area contributed by atoms with E-state index in [9.17, 15) is 18.0 Å². The van der Waals surface area contributed by atoms with Crippen LogP contribution in [0.2, 0.25) is 0 Å². The lowest BCUT2D eigenvalue weighted by molar-refractivity contribution is -0.0587. The van der Waals surface area contributed by atoms with Gasteiger partial charge >= 0.3 is 0 Å². The van der Waals surface area contributed by atoms with Crippen LogP contribution in [0.3, 0.4) is 0 Å². The topological polar surface area (TPSA) is 50.6 Å². The first-order valence-corrected chi connectivity index (χ1v) is 10.1. The Kier molecular flexibility index (Phi) is 5.59. The fourth-order valence-electron chi connectivity index (χ4n) is 4.29. The van der Waals surface area contributed by atoms with E-state index in [1.807, 2.05) is 20.9 Å². The molecule has 4 rings (SSSR count). The van der Waals surface area contributed by atoms with Gasteiger partial charge in [0.25, 0.3) is 5.91 Å². The van der Waals surface area contributed by atoms with Gasteiger partial charge < -0.3 is 19.1 Å². The highest BCUT2D eigenvalue weighted by atomic mass is 19.2. The van der Waals surface area contributed by atoms with E-state index in [-0.39, 0.29) is 35.2 Å². The van der Waals surface area contributed by atoms with Gasteiger partial charge in [0.2, 0.25) is 0 Å². The third kappa shape index (κ3) is 3.83. The summed E-state index contributed by atoms with van der Waals surface area (Å²) < 4.78 is 49.4. The van der Waals surface area contributed by atoms with Gasteiger partial charge in [-0.15, -0.1) is 0 Å². The standard InChI is InChI=1S/C21H25F3N4O2/c1-12-9-27(10-13(2)30-12)21(29)19-18-11-26(3)5-4-6-28(18)20(25-19)14-7-16(23)17(24)8-15(14)22/h7-8,12-13H,4-6,9-11H2,1-3H3. The summed E-state index contributed by atoms with van der Waals surface area (Å²) in [5, 5.41) is 0. The van der Waals surface area contributed by atoms with Gasteiger partial charge in [-0.2, -0.15) is 0 Å². The summed E-state index contributed by atoms with van der Waals surface area (Å²) in [5.74, 6) is -3.43. The molecule has 1 amide bonds. The Morgan fingerprint density at radius 1 is 1.07 bits per heavy atom. The molecule has 0 spiro atoms. The minimum Gasteiger partial charge on any atom is -0.372 e. The first-order valence-electron chi connectivity index (χ1n) is 10.1. The van der Waals surface area contributed by atoms with Crippen molar-refractivity contribution in [2.24, 2.45) is 0 Å². The monoisotopic (exact) mass is 422 g/mol. The third-order valence-electron chi connectivity index (χ3n) is 5.57. The number of ether oxygens (including phenoxy) is 1. The highest BCUT2D eigenvalue weighted by molar-refractivity contribution is 5.94. The minimum absolute atomic E-state index is 0.107. The molecular formula is C21H25F3N4O2. The third-order valence-corrected chi connectivity index (χ3v) is 5.57. The maximum Gasteiger partial charge on any atom is 0.274 e. The van der Waals surface area contributed by atoms with Gasteiger partial charge in [-0.05, 0) is 39.9 Å². The van der Waals surface area contributed by atoms with E-state index in [1.165, 1.54) is 0 Å². The predicted octanol–water partition coefficient (Wildman–Crippen LogP) is 3.05. The van der Waals surface area contributed by atoms with Crippen molar-refractivity contribution >= 4 is 5.91 Å². The Labute approximate surface area is 173 Å². The molecule has 1 aromatic carbocycles. The molecule has 0 bridgehead atoms. The van der Waals surface area contributed by atoms with Crippen molar-refractivity contribution in [1.29, 1.82) is 0 Å². The van der Waals surface area contributed by atoms with Crippen molar-refractivity contribution in [2.45, 2.75) is 45.6 Å². The molecule has 30 heavy (non-hydrogen) atoms. The number of halogens is 3. The number of hydrogen-bond acceptors (Lipinski definition) is 4. The average Bonchev–Trinajstić information content (AvgIpc) is 2.89. The van der Waals surface area contributed by atoms with Gasteiger partial charge in [0, 0.05) is 32.2 Å². The summed E-state index contributed by atoms with van der Waals surface area (Å²) in [6, 6.07) is 1.32. The quantitative estimate of drug-likeness (QED) is 0.699. The zero-order valence-corrected chi connectivity index (χ0v) is 17.3. The van der Waals surface area contributed by atoms with Crippen LogP contribution in [0, 0.1) is 17.5 Å². The van der Waals surface area contributed by atoms with Gasteiger partial charge in [0.1, 0.15) is 11.6 Å². The molecule has 1 saturated heterocycles. The molecule has 2 atom stereocenters. The van der Waals surface area contributed by atoms with E-state index in [0.717, 1.165) is 19.0 Å². The number of amides is 1. The number of nitrogens with zero attached hydrogens (tertiary/aromatic N) is 4. The van der Waals surface area contributed by atoms with E-state index in [2.05, 4.69) is 9.88 Å². The van der Waals surface area contributed by atoms with Crippen LogP contribution < -0.4 is 0 Å². The maximum absolute atomic E-state index is 14.5. The maximum atomic E-state index is 14.5. The molecule has 2 aromatic rings. The normalized spacial score (nSPS) is 22.7. The number of morpholine rings is 1. The molecule has 1 fully saturated rings. The number of carbonyl (C=O) groups excluding carboxylic acids is 1.